The van der Waals surface area contributed by atoms with Crippen LogP contribution in [0.15, 0.2) is 24.3 Å². The van der Waals surface area contributed by atoms with Crippen LogP contribution in [0.5, 0.6) is 0 Å². The third kappa shape index (κ3) is 2.53. The predicted octanol–water partition coefficient (Wildman–Crippen LogP) is 2.49. The molecule has 2 rings (SSSR count). The van der Waals surface area contributed by atoms with E-state index in [1.807, 2.05) is 0 Å². The number of nitrogens with zero attached hydrogens (tertiary/aromatic N) is 1. The van der Waals surface area contributed by atoms with Gasteiger partial charge < -0.3 is 10.2 Å². The molecule has 0 heterocycles. The lowest BCUT2D eigenvalue weighted by Crippen LogP contribution is -2.71. The highest BCUT2D eigenvalue weighted by Crippen LogP contribution is 2.58. The Morgan fingerprint density at radius 1 is 1.35 bits per heavy atom. The number of aliphatic hydroxyl groups is 1. The standard InChI is InChI=1S/C19H25NO6/c1-5-18(14-8-6-7-12(2)11-14)15(20(25)26)17(4,24)9-10-19(18,13(3)21)16(22)23/h6-8,11,15,24H,5,9-10H2,1-4H3,(H,22,23)/t15-,17-,18+,19-/m1/s1. The maximum absolute atomic E-state index is 12.7. The average Bonchev–Trinajstić information content (AvgIpc) is 2.52. The highest BCUT2D eigenvalue weighted by molar-refractivity contribution is 6.04. The van der Waals surface area contributed by atoms with Crippen LogP contribution in [-0.2, 0) is 15.0 Å². The van der Waals surface area contributed by atoms with Gasteiger partial charge in [-0.3, -0.25) is 19.7 Å². The van der Waals surface area contributed by atoms with E-state index in [4.69, 9.17) is 0 Å². The van der Waals surface area contributed by atoms with Crippen molar-refractivity contribution >= 4 is 11.8 Å². The second-order valence-corrected chi connectivity index (χ2v) is 7.51. The van der Waals surface area contributed by atoms with E-state index >= 15 is 0 Å². The molecule has 7 heteroatoms. The zero-order valence-corrected chi connectivity index (χ0v) is 15.5. The summed E-state index contributed by atoms with van der Waals surface area (Å²) in [6.45, 7) is 5.96. The topological polar surface area (TPSA) is 118 Å². The Morgan fingerprint density at radius 2 is 1.96 bits per heavy atom. The van der Waals surface area contributed by atoms with Crippen molar-refractivity contribution in [3.63, 3.8) is 0 Å². The molecule has 0 bridgehead atoms. The van der Waals surface area contributed by atoms with E-state index in [0.717, 1.165) is 5.56 Å². The number of Topliss-reactive ketones (excluding diaryl/α,β-unsaturated/α-hetero) is 1. The van der Waals surface area contributed by atoms with Gasteiger partial charge in [-0.2, -0.15) is 0 Å². The molecule has 142 valence electrons. The monoisotopic (exact) mass is 363 g/mol. The van der Waals surface area contributed by atoms with E-state index in [0.29, 0.717) is 5.56 Å². The van der Waals surface area contributed by atoms with Crippen molar-refractivity contribution in [3.05, 3.63) is 45.5 Å². The number of ketones is 1. The number of carbonyl (C=O) groups excluding carboxylic acids is 1. The van der Waals surface area contributed by atoms with Crippen LogP contribution >= 0.6 is 0 Å². The Kier molecular flexibility index (Phi) is 4.98. The zero-order chi connectivity index (χ0) is 19.9. The summed E-state index contributed by atoms with van der Waals surface area (Å²) in [6, 6.07) is 5.16. The van der Waals surface area contributed by atoms with Crippen molar-refractivity contribution in [2.75, 3.05) is 0 Å². The lowest BCUT2D eigenvalue weighted by Gasteiger charge is -2.54. The highest BCUT2D eigenvalue weighted by atomic mass is 16.6. The maximum atomic E-state index is 12.7. The van der Waals surface area contributed by atoms with Crippen molar-refractivity contribution in [3.8, 4) is 0 Å². The lowest BCUT2D eigenvalue weighted by atomic mass is 9.46. The highest BCUT2D eigenvalue weighted by Gasteiger charge is 2.74. The van der Waals surface area contributed by atoms with E-state index in [1.165, 1.54) is 13.8 Å². The predicted molar refractivity (Wildman–Crippen MR) is 94.5 cm³/mol. The number of hydrogen-bond acceptors (Lipinski definition) is 5. The molecule has 0 saturated heterocycles. The molecule has 0 unspecified atom stereocenters. The summed E-state index contributed by atoms with van der Waals surface area (Å²) in [7, 11) is 0. The minimum atomic E-state index is -1.98. The van der Waals surface area contributed by atoms with E-state index in [-0.39, 0.29) is 19.3 Å². The van der Waals surface area contributed by atoms with Crippen LogP contribution in [-0.4, -0.2) is 38.5 Å². The summed E-state index contributed by atoms with van der Waals surface area (Å²) >= 11 is 0. The number of aliphatic carboxylic acids is 1. The number of nitro groups is 1. The van der Waals surface area contributed by atoms with Gasteiger partial charge in [0.2, 0.25) is 0 Å². The third-order valence-corrected chi connectivity index (χ3v) is 6.09. The van der Waals surface area contributed by atoms with Crippen LogP contribution < -0.4 is 0 Å². The molecule has 1 saturated carbocycles. The SMILES string of the molecule is CC[C@]1(c2cccc(C)c2)[C@H]([N+](=O)[O-])[C@](C)(O)CC[C@@]1(C(C)=O)C(=O)O. The smallest absolute Gasteiger partial charge is 0.318 e. The van der Waals surface area contributed by atoms with E-state index < -0.39 is 39.1 Å². The van der Waals surface area contributed by atoms with Crippen molar-refractivity contribution < 1.29 is 24.7 Å². The second-order valence-electron chi connectivity index (χ2n) is 7.51. The van der Waals surface area contributed by atoms with Gasteiger partial charge in [0.1, 0.15) is 16.8 Å². The Hall–Kier alpha value is -2.28. The molecule has 7 nitrogen and oxygen atoms in total. The van der Waals surface area contributed by atoms with Crippen molar-refractivity contribution in [1.29, 1.82) is 0 Å². The summed E-state index contributed by atoms with van der Waals surface area (Å²) < 4.78 is 0. The third-order valence-electron chi connectivity index (χ3n) is 6.09. The van der Waals surface area contributed by atoms with Crippen LogP contribution in [0.25, 0.3) is 0 Å². The molecule has 0 radical (unpaired) electrons. The Balaban J connectivity index is 3.01. The van der Waals surface area contributed by atoms with Crippen LogP contribution in [0.1, 0.15) is 51.2 Å². The number of rotatable bonds is 5. The largest absolute Gasteiger partial charge is 0.480 e. The van der Waals surface area contributed by atoms with Crippen molar-refractivity contribution in [1.82, 2.24) is 0 Å². The van der Waals surface area contributed by atoms with Gasteiger partial charge in [0.25, 0.3) is 6.04 Å². The zero-order valence-electron chi connectivity index (χ0n) is 15.5. The first-order chi connectivity index (χ1) is 12.0. The van der Waals surface area contributed by atoms with Gasteiger partial charge in [0.05, 0.1) is 5.41 Å². The van der Waals surface area contributed by atoms with Gasteiger partial charge in [-0.05, 0) is 45.6 Å². The summed E-state index contributed by atoms with van der Waals surface area (Å²) in [5, 5.41) is 33.0. The van der Waals surface area contributed by atoms with Gasteiger partial charge in [-0.1, -0.05) is 36.8 Å². The van der Waals surface area contributed by atoms with Gasteiger partial charge in [-0.15, -0.1) is 0 Å². The molecule has 2 N–H and O–H groups in total. The molecule has 1 aliphatic carbocycles. The number of carboxylic acids is 1. The maximum Gasteiger partial charge on any atom is 0.318 e. The first kappa shape index (κ1) is 20.0. The molecule has 1 fully saturated rings. The molecule has 0 aliphatic heterocycles. The van der Waals surface area contributed by atoms with Crippen LogP contribution in [0.2, 0.25) is 0 Å². The molecule has 0 amide bonds. The molecule has 1 aromatic carbocycles. The minimum absolute atomic E-state index is 0.0319. The van der Waals surface area contributed by atoms with Crippen molar-refractivity contribution in [2.24, 2.45) is 5.41 Å². The minimum Gasteiger partial charge on any atom is -0.480 e. The molecular formula is C19H25NO6. The fraction of sp³-hybridized carbons (Fsp3) is 0.579. The first-order valence-corrected chi connectivity index (χ1v) is 8.65. The first-order valence-electron chi connectivity index (χ1n) is 8.65. The number of carboxylic acid groups (broad SMARTS) is 1. The summed E-state index contributed by atoms with van der Waals surface area (Å²) in [6.07, 6.45) is -0.265. The molecule has 0 spiro atoms. The van der Waals surface area contributed by atoms with E-state index in [2.05, 4.69) is 0 Å². The fourth-order valence-electron chi connectivity index (χ4n) is 4.94. The number of hydrogen-bond donors (Lipinski definition) is 2. The number of aryl methyl sites for hydroxylation is 1. The van der Waals surface area contributed by atoms with Crippen LogP contribution in [0, 0.1) is 22.5 Å². The molecular weight excluding hydrogens is 338 g/mol. The van der Waals surface area contributed by atoms with E-state index in [9.17, 15) is 29.9 Å². The Morgan fingerprint density at radius 3 is 2.38 bits per heavy atom. The normalized spacial score (nSPS) is 34.3. The van der Waals surface area contributed by atoms with E-state index in [1.54, 1.807) is 38.1 Å². The van der Waals surface area contributed by atoms with Crippen molar-refractivity contribution in [2.45, 2.75) is 64.0 Å². The second kappa shape index (κ2) is 6.46. The van der Waals surface area contributed by atoms with Gasteiger partial charge in [-0.25, -0.2) is 0 Å². The molecule has 4 atom stereocenters. The fourth-order valence-corrected chi connectivity index (χ4v) is 4.94. The molecule has 0 aromatic heterocycles. The molecule has 26 heavy (non-hydrogen) atoms. The Labute approximate surface area is 152 Å². The molecule has 1 aliphatic rings. The van der Waals surface area contributed by atoms with Gasteiger partial charge in [0.15, 0.2) is 0 Å². The summed E-state index contributed by atoms with van der Waals surface area (Å²) in [5.41, 5.74) is -4.18. The summed E-state index contributed by atoms with van der Waals surface area (Å²) in [5.74, 6) is -2.01. The summed E-state index contributed by atoms with van der Waals surface area (Å²) in [4.78, 5) is 36.6. The Bertz CT molecular complexity index is 742. The lowest BCUT2D eigenvalue weighted by molar-refractivity contribution is -0.565. The quantitative estimate of drug-likeness (QED) is 0.471. The molecule has 1 aromatic rings. The van der Waals surface area contributed by atoms with Gasteiger partial charge >= 0.3 is 5.97 Å². The number of benzene rings is 1. The van der Waals surface area contributed by atoms with Gasteiger partial charge in [0, 0.05) is 4.92 Å². The van der Waals surface area contributed by atoms with Crippen LogP contribution in [0.4, 0.5) is 0 Å². The van der Waals surface area contributed by atoms with Crippen LogP contribution in [0.3, 0.4) is 0 Å². The number of carbonyl (C=O) groups is 2. The average molecular weight is 363 g/mol.